The van der Waals surface area contributed by atoms with E-state index >= 15 is 0 Å². The number of hydrogen-bond acceptors (Lipinski definition) is 2. The second-order valence-electron chi connectivity index (χ2n) is 5.29. The third kappa shape index (κ3) is 2.09. The van der Waals surface area contributed by atoms with Gasteiger partial charge in [0.25, 0.3) is 0 Å². The fourth-order valence-electron chi connectivity index (χ4n) is 2.78. The van der Waals surface area contributed by atoms with Gasteiger partial charge in [0.2, 0.25) is 5.43 Å². The molecule has 0 spiro atoms. The highest BCUT2D eigenvalue weighted by molar-refractivity contribution is 5.95. The van der Waals surface area contributed by atoms with E-state index in [2.05, 4.69) is 0 Å². The summed E-state index contributed by atoms with van der Waals surface area (Å²) in [6, 6.07) is 15.0. The van der Waals surface area contributed by atoms with E-state index in [0.717, 1.165) is 11.3 Å². The van der Waals surface area contributed by atoms with E-state index in [1.807, 2.05) is 54.0 Å². The predicted molar refractivity (Wildman–Crippen MR) is 86.0 cm³/mol. The molecular formula is C18H15NO3. The smallest absolute Gasteiger partial charge is 0.341 e. The summed E-state index contributed by atoms with van der Waals surface area (Å²) in [6.07, 6.45) is 0. The van der Waals surface area contributed by atoms with Gasteiger partial charge in [0.05, 0.1) is 5.52 Å². The van der Waals surface area contributed by atoms with Crippen LogP contribution in [0, 0.1) is 13.8 Å². The largest absolute Gasteiger partial charge is 0.477 e. The topological polar surface area (TPSA) is 59.3 Å². The van der Waals surface area contributed by atoms with Crippen molar-refractivity contribution in [3.05, 3.63) is 75.6 Å². The summed E-state index contributed by atoms with van der Waals surface area (Å²) in [5.74, 6) is -1.20. The Morgan fingerprint density at radius 3 is 2.36 bits per heavy atom. The Morgan fingerprint density at radius 1 is 1.05 bits per heavy atom. The summed E-state index contributed by atoms with van der Waals surface area (Å²) in [7, 11) is 0. The van der Waals surface area contributed by atoms with Crippen LogP contribution in [-0.4, -0.2) is 15.6 Å². The predicted octanol–water partition coefficient (Wildman–Crippen LogP) is 3.31. The molecule has 3 rings (SSSR count). The Balaban J connectivity index is 2.55. The first kappa shape index (κ1) is 14.1. The van der Waals surface area contributed by atoms with Crippen molar-refractivity contribution in [2.45, 2.75) is 13.8 Å². The molecule has 0 bridgehead atoms. The number of aromatic carboxylic acids is 1. The number of carboxylic acids is 1. The summed E-state index contributed by atoms with van der Waals surface area (Å²) >= 11 is 0. The summed E-state index contributed by atoms with van der Waals surface area (Å²) in [4.78, 5) is 24.1. The number of hydrogen-bond donors (Lipinski definition) is 1. The first-order valence-corrected chi connectivity index (χ1v) is 6.95. The molecule has 1 aromatic heterocycles. The number of rotatable bonds is 2. The Labute approximate surface area is 127 Å². The van der Waals surface area contributed by atoms with Crippen LogP contribution in [0.15, 0.2) is 53.3 Å². The SMILES string of the molecule is Cc1ccc2c(c1)c(=O)c(C(=O)O)c(C)n2-c1ccccc1. The molecular weight excluding hydrogens is 278 g/mol. The Kier molecular flexibility index (Phi) is 3.29. The van der Waals surface area contributed by atoms with Crippen LogP contribution in [-0.2, 0) is 0 Å². The number of fused-ring (bicyclic) bond motifs is 1. The molecule has 0 atom stereocenters. The van der Waals surface area contributed by atoms with E-state index in [1.165, 1.54) is 0 Å². The quantitative estimate of drug-likeness (QED) is 0.788. The zero-order valence-corrected chi connectivity index (χ0v) is 12.3. The molecule has 1 N–H and O–H groups in total. The van der Waals surface area contributed by atoms with Crippen LogP contribution in [0.2, 0.25) is 0 Å². The van der Waals surface area contributed by atoms with Crippen LogP contribution in [0.5, 0.6) is 0 Å². The Bertz CT molecular complexity index is 940. The molecule has 0 aliphatic heterocycles. The second kappa shape index (κ2) is 5.15. The van der Waals surface area contributed by atoms with Crippen molar-refractivity contribution >= 4 is 16.9 Å². The van der Waals surface area contributed by atoms with Gasteiger partial charge in [-0.3, -0.25) is 4.79 Å². The molecule has 110 valence electrons. The van der Waals surface area contributed by atoms with Crippen molar-refractivity contribution in [1.29, 1.82) is 0 Å². The Morgan fingerprint density at radius 2 is 1.73 bits per heavy atom. The molecule has 0 fully saturated rings. The molecule has 4 nitrogen and oxygen atoms in total. The first-order valence-electron chi connectivity index (χ1n) is 6.95. The second-order valence-corrected chi connectivity index (χ2v) is 5.29. The average molecular weight is 293 g/mol. The molecule has 2 aromatic carbocycles. The van der Waals surface area contributed by atoms with E-state index in [-0.39, 0.29) is 5.56 Å². The van der Waals surface area contributed by atoms with Crippen LogP contribution in [0.4, 0.5) is 0 Å². The molecule has 0 amide bonds. The van der Waals surface area contributed by atoms with Gasteiger partial charge in [-0.1, -0.05) is 29.8 Å². The monoisotopic (exact) mass is 293 g/mol. The van der Waals surface area contributed by atoms with E-state index in [9.17, 15) is 14.7 Å². The van der Waals surface area contributed by atoms with Gasteiger partial charge in [-0.05, 0) is 38.1 Å². The van der Waals surface area contributed by atoms with E-state index in [0.29, 0.717) is 16.6 Å². The van der Waals surface area contributed by atoms with Crippen LogP contribution < -0.4 is 5.43 Å². The molecule has 0 radical (unpaired) electrons. The van der Waals surface area contributed by atoms with Gasteiger partial charge < -0.3 is 9.67 Å². The van der Waals surface area contributed by atoms with Gasteiger partial charge >= 0.3 is 5.97 Å². The van der Waals surface area contributed by atoms with Gasteiger partial charge in [0.15, 0.2) is 0 Å². The summed E-state index contributed by atoms with van der Waals surface area (Å²) < 4.78 is 1.82. The normalized spacial score (nSPS) is 10.8. The van der Waals surface area contributed by atoms with Gasteiger partial charge in [-0.2, -0.15) is 0 Å². The van der Waals surface area contributed by atoms with Crippen LogP contribution in [0.1, 0.15) is 21.6 Å². The van der Waals surface area contributed by atoms with Gasteiger partial charge in [-0.15, -0.1) is 0 Å². The number of pyridine rings is 1. The minimum atomic E-state index is -1.20. The van der Waals surface area contributed by atoms with E-state index in [1.54, 1.807) is 13.0 Å². The molecule has 0 unspecified atom stereocenters. The number of nitrogens with zero attached hydrogens (tertiary/aromatic N) is 1. The number of para-hydroxylation sites is 1. The molecule has 3 aromatic rings. The summed E-state index contributed by atoms with van der Waals surface area (Å²) in [6.45, 7) is 3.54. The van der Waals surface area contributed by atoms with Crippen molar-refractivity contribution in [3.8, 4) is 5.69 Å². The van der Waals surface area contributed by atoms with Crippen molar-refractivity contribution in [2.75, 3.05) is 0 Å². The number of carboxylic acid groups (broad SMARTS) is 1. The van der Waals surface area contributed by atoms with Crippen molar-refractivity contribution in [3.63, 3.8) is 0 Å². The first-order chi connectivity index (χ1) is 10.5. The van der Waals surface area contributed by atoms with Gasteiger partial charge in [0.1, 0.15) is 5.56 Å². The molecule has 1 heterocycles. The fourth-order valence-corrected chi connectivity index (χ4v) is 2.78. The zero-order valence-electron chi connectivity index (χ0n) is 12.3. The third-order valence-electron chi connectivity index (χ3n) is 3.79. The standard InChI is InChI=1S/C18H15NO3/c1-11-8-9-15-14(10-11)17(20)16(18(21)22)12(2)19(15)13-6-4-3-5-7-13/h3-10H,1-2H3,(H,21,22). The number of benzene rings is 2. The maximum absolute atomic E-state index is 12.5. The lowest BCUT2D eigenvalue weighted by Crippen LogP contribution is -2.22. The van der Waals surface area contributed by atoms with Gasteiger partial charge in [0, 0.05) is 16.8 Å². The number of aryl methyl sites for hydroxylation is 1. The number of carbonyl (C=O) groups is 1. The minimum Gasteiger partial charge on any atom is -0.477 e. The molecule has 4 heteroatoms. The molecule has 0 aliphatic carbocycles. The lowest BCUT2D eigenvalue weighted by Gasteiger charge is -2.17. The Hall–Kier alpha value is -2.88. The van der Waals surface area contributed by atoms with Crippen LogP contribution >= 0.6 is 0 Å². The van der Waals surface area contributed by atoms with E-state index < -0.39 is 11.4 Å². The van der Waals surface area contributed by atoms with Crippen molar-refractivity contribution in [1.82, 2.24) is 4.57 Å². The van der Waals surface area contributed by atoms with E-state index in [4.69, 9.17) is 0 Å². The molecule has 0 aliphatic rings. The third-order valence-corrected chi connectivity index (χ3v) is 3.79. The molecule has 0 saturated carbocycles. The van der Waals surface area contributed by atoms with Crippen molar-refractivity contribution in [2.24, 2.45) is 0 Å². The maximum atomic E-state index is 12.5. The fraction of sp³-hybridized carbons (Fsp3) is 0.111. The molecule has 22 heavy (non-hydrogen) atoms. The highest BCUT2D eigenvalue weighted by atomic mass is 16.4. The summed E-state index contributed by atoms with van der Waals surface area (Å²) in [5, 5.41) is 9.86. The van der Waals surface area contributed by atoms with Crippen molar-refractivity contribution < 1.29 is 9.90 Å². The summed E-state index contributed by atoms with van der Waals surface area (Å²) in [5.41, 5.74) is 2.28. The highest BCUT2D eigenvalue weighted by Gasteiger charge is 2.19. The zero-order chi connectivity index (χ0) is 15.9. The average Bonchev–Trinajstić information content (AvgIpc) is 2.49. The lowest BCUT2D eigenvalue weighted by molar-refractivity contribution is 0.0694. The minimum absolute atomic E-state index is 0.179. The number of aromatic nitrogens is 1. The van der Waals surface area contributed by atoms with Crippen LogP contribution in [0.3, 0.4) is 0 Å². The lowest BCUT2D eigenvalue weighted by atomic mass is 10.0. The highest BCUT2D eigenvalue weighted by Crippen LogP contribution is 2.22. The van der Waals surface area contributed by atoms with Crippen LogP contribution in [0.25, 0.3) is 16.6 Å². The van der Waals surface area contributed by atoms with Gasteiger partial charge in [-0.25, -0.2) is 4.79 Å². The molecule has 0 saturated heterocycles. The maximum Gasteiger partial charge on any atom is 0.341 e.